The summed E-state index contributed by atoms with van der Waals surface area (Å²) in [5, 5.41) is 2.94. The van der Waals surface area contributed by atoms with Crippen LogP contribution in [0.5, 0.6) is 17.2 Å². The quantitative estimate of drug-likeness (QED) is 0.512. The van der Waals surface area contributed by atoms with Crippen LogP contribution in [0.25, 0.3) is 0 Å². The molecule has 1 aliphatic rings. The van der Waals surface area contributed by atoms with E-state index in [4.69, 9.17) is 14.2 Å². The van der Waals surface area contributed by atoms with E-state index in [-0.39, 0.29) is 11.8 Å². The molecule has 7 heteroatoms. The molecule has 0 radical (unpaired) electrons. The molecule has 3 aromatic rings. The van der Waals surface area contributed by atoms with E-state index in [0.717, 1.165) is 16.9 Å². The Hall–Kier alpha value is -4.00. The Bertz CT molecular complexity index is 1190. The predicted molar refractivity (Wildman–Crippen MR) is 134 cm³/mol. The summed E-state index contributed by atoms with van der Waals surface area (Å²) in [5.41, 5.74) is 3.06. The summed E-state index contributed by atoms with van der Waals surface area (Å²) in [5.74, 6) is 1.89. The molecule has 1 N–H and O–H groups in total. The van der Waals surface area contributed by atoms with Gasteiger partial charge in [-0.25, -0.2) is 0 Å². The van der Waals surface area contributed by atoms with Gasteiger partial charge in [-0.1, -0.05) is 25.1 Å². The summed E-state index contributed by atoms with van der Waals surface area (Å²) in [6.07, 6.45) is 0.683. The summed E-state index contributed by atoms with van der Waals surface area (Å²) >= 11 is 0. The minimum atomic E-state index is -0.548. The van der Waals surface area contributed by atoms with Crippen molar-refractivity contribution in [3.8, 4) is 17.2 Å². The zero-order valence-corrected chi connectivity index (χ0v) is 20.2. The number of carbonyl (C=O) groups is 2. The van der Waals surface area contributed by atoms with E-state index in [2.05, 4.69) is 5.32 Å². The number of ether oxygens (including phenoxy) is 3. The lowest BCUT2D eigenvalue weighted by Gasteiger charge is -2.23. The van der Waals surface area contributed by atoms with Gasteiger partial charge in [0.15, 0.2) is 6.10 Å². The summed E-state index contributed by atoms with van der Waals surface area (Å²) < 4.78 is 16.7. The summed E-state index contributed by atoms with van der Waals surface area (Å²) in [6, 6.07) is 20.2. The van der Waals surface area contributed by atoms with Crippen molar-refractivity contribution >= 4 is 17.5 Å². The fraction of sp³-hybridized carbons (Fsp3) is 0.286. The highest BCUT2D eigenvalue weighted by atomic mass is 16.5. The van der Waals surface area contributed by atoms with E-state index in [0.29, 0.717) is 48.7 Å². The van der Waals surface area contributed by atoms with Gasteiger partial charge in [0, 0.05) is 29.9 Å². The minimum absolute atomic E-state index is 0.0394. The number of carbonyl (C=O) groups excluding carboxylic acids is 2. The zero-order valence-electron chi connectivity index (χ0n) is 20.2. The van der Waals surface area contributed by atoms with Crippen molar-refractivity contribution < 1.29 is 23.8 Å². The molecule has 1 atom stereocenters. The first-order valence-corrected chi connectivity index (χ1v) is 11.7. The Balaban J connectivity index is 1.53. The number of benzene rings is 3. The lowest BCUT2D eigenvalue weighted by atomic mass is 10.1. The van der Waals surface area contributed by atoms with Crippen molar-refractivity contribution in [1.29, 1.82) is 0 Å². The number of para-hydroxylation sites is 1. The number of methoxy groups -OCH3 is 2. The van der Waals surface area contributed by atoms with Crippen LogP contribution < -0.4 is 19.5 Å². The molecule has 0 aliphatic carbocycles. The number of hydrogen-bond acceptors (Lipinski definition) is 5. The third-order valence-corrected chi connectivity index (χ3v) is 6.10. The van der Waals surface area contributed by atoms with E-state index >= 15 is 0 Å². The second-order valence-corrected chi connectivity index (χ2v) is 8.34. The van der Waals surface area contributed by atoms with Gasteiger partial charge in [-0.15, -0.1) is 0 Å². The fourth-order valence-electron chi connectivity index (χ4n) is 4.14. The minimum Gasteiger partial charge on any atom is -0.497 e. The Labute approximate surface area is 205 Å². The van der Waals surface area contributed by atoms with Crippen molar-refractivity contribution in [3.05, 3.63) is 83.4 Å². The van der Waals surface area contributed by atoms with Crippen molar-refractivity contribution in [1.82, 2.24) is 4.90 Å². The highest BCUT2D eigenvalue weighted by Gasteiger charge is 2.30. The summed E-state index contributed by atoms with van der Waals surface area (Å²) in [7, 11) is 3.23. The smallest absolute Gasteiger partial charge is 0.263 e. The third kappa shape index (κ3) is 5.57. The maximum absolute atomic E-state index is 13.2. The third-order valence-electron chi connectivity index (χ3n) is 6.10. The standard InChI is InChI=1S/C28H30N2O5/c1-4-24-28(32)30(16-15-19-7-5-6-8-25(19)34-3)18-21-17-22(11-14-26(21)35-24)29-27(31)20-9-12-23(33-2)13-10-20/h5-14,17,24H,4,15-16,18H2,1-3H3,(H,29,31)/t24-/m0/s1. The molecule has 3 aromatic carbocycles. The molecule has 35 heavy (non-hydrogen) atoms. The number of anilines is 1. The molecule has 0 saturated heterocycles. The lowest BCUT2D eigenvalue weighted by molar-refractivity contribution is -0.138. The van der Waals surface area contributed by atoms with Crippen LogP contribution in [0.3, 0.4) is 0 Å². The molecule has 0 spiro atoms. The molecule has 0 bridgehead atoms. The van der Waals surface area contributed by atoms with Crippen LogP contribution in [-0.2, 0) is 17.8 Å². The van der Waals surface area contributed by atoms with Gasteiger partial charge in [-0.3, -0.25) is 9.59 Å². The fourth-order valence-corrected chi connectivity index (χ4v) is 4.14. The molecule has 0 unspecified atom stereocenters. The predicted octanol–water partition coefficient (Wildman–Crippen LogP) is 4.70. The van der Waals surface area contributed by atoms with Crippen LogP contribution in [0.1, 0.15) is 34.8 Å². The molecular formula is C28H30N2O5. The summed E-state index contributed by atoms with van der Waals surface area (Å²) in [6.45, 7) is 2.86. The average molecular weight is 475 g/mol. The van der Waals surface area contributed by atoms with Gasteiger partial charge in [0.05, 0.1) is 14.2 Å². The van der Waals surface area contributed by atoms with E-state index in [1.54, 1.807) is 44.6 Å². The van der Waals surface area contributed by atoms with Gasteiger partial charge in [-0.2, -0.15) is 0 Å². The Morgan fingerprint density at radius 1 is 1.06 bits per heavy atom. The first-order chi connectivity index (χ1) is 17.0. The van der Waals surface area contributed by atoms with E-state index in [9.17, 15) is 9.59 Å². The molecule has 0 aromatic heterocycles. The maximum atomic E-state index is 13.2. The molecule has 0 fully saturated rings. The molecule has 0 saturated carbocycles. The Kier molecular flexibility index (Phi) is 7.55. The summed E-state index contributed by atoms with van der Waals surface area (Å²) in [4.78, 5) is 27.8. The highest BCUT2D eigenvalue weighted by Crippen LogP contribution is 2.30. The normalized spacial score (nSPS) is 15.0. The number of nitrogens with one attached hydrogen (secondary N) is 1. The number of hydrogen-bond donors (Lipinski definition) is 1. The highest BCUT2D eigenvalue weighted by molar-refractivity contribution is 6.04. The Morgan fingerprint density at radius 2 is 1.83 bits per heavy atom. The van der Waals surface area contributed by atoms with Crippen LogP contribution in [-0.4, -0.2) is 43.6 Å². The van der Waals surface area contributed by atoms with Crippen LogP contribution in [0.15, 0.2) is 66.7 Å². The molecular weight excluding hydrogens is 444 g/mol. The van der Waals surface area contributed by atoms with Crippen LogP contribution in [0.4, 0.5) is 5.69 Å². The van der Waals surface area contributed by atoms with Gasteiger partial charge in [0.2, 0.25) is 0 Å². The molecule has 1 heterocycles. The van der Waals surface area contributed by atoms with E-state index in [1.165, 1.54) is 0 Å². The van der Waals surface area contributed by atoms with Crippen LogP contribution >= 0.6 is 0 Å². The van der Waals surface area contributed by atoms with Crippen molar-refractivity contribution in [2.24, 2.45) is 0 Å². The topological polar surface area (TPSA) is 77.1 Å². The maximum Gasteiger partial charge on any atom is 0.263 e. The monoisotopic (exact) mass is 474 g/mol. The lowest BCUT2D eigenvalue weighted by Crippen LogP contribution is -2.40. The number of nitrogens with zero attached hydrogens (tertiary/aromatic N) is 1. The molecule has 2 amide bonds. The number of rotatable bonds is 8. The van der Waals surface area contributed by atoms with Gasteiger partial charge in [0.25, 0.3) is 11.8 Å². The van der Waals surface area contributed by atoms with Gasteiger partial charge in [-0.05, 0) is 66.9 Å². The van der Waals surface area contributed by atoms with Gasteiger partial charge in [0.1, 0.15) is 17.2 Å². The molecule has 7 nitrogen and oxygen atoms in total. The first-order valence-electron chi connectivity index (χ1n) is 11.7. The number of amides is 2. The Morgan fingerprint density at radius 3 is 2.54 bits per heavy atom. The average Bonchev–Trinajstić information content (AvgIpc) is 3.03. The number of fused-ring (bicyclic) bond motifs is 1. The van der Waals surface area contributed by atoms with E-state index < -0.39 is 6.10 Å². The second-order valence-electron chi connectivity index (χ2n) is 8.34. The van der Waals surface area contributed by atoms with E-state index in [1.807, 2.05) is 48.2 Å². The SMILES string of the molecule is CC[C@@H]1Oc2ccc(NC(=O)c3ccc(OC)cc3)cc2CN(CCc2ccccc2OC)C1=O. The second kappa shape index (κ2) is 11.0. The zero-order chi connectivity index (χ0) is 24.8. The van der Waals surface area contributed by atoms with Crippen molar-refractivity contribution in [2.75, 3.05) is 26.1 Å². The van der Waals surface area contributed by atoms with Crippen LogP contribution in [0, 0.1) is 0 Å². The van der Waals surface area contributed by atoms with Gasteiger partial charge >= 0.3 is 0 Å². The first kappa shape index (κ1) is 24.1. The molecule has 1 aliphatic heterocycles. The van der Waals surface area contributed by atoms with Crippen molar-refractivity contribution in [3.63, 3.8) is 0 Å². The molecule has 182 valence electrons. The van der Waals surface area contributed by atoms with Crippen LogP contribution in [0.2, 0.25) is 0 Å². The largest absolute Gasteiger partial charge is 0.497 e. The van der Waals surface area contributed by atoms with Gasteiger partial charge < -0.3 is 24.4 Å². The molecule has 4 rings (SSSR count). The van der Waals surface area contributed by atoms with Crippen molar-refractivity contribution in [2.45, 2.75) is 32.4 Å².